The van der Waals surface area contributed by atoms with Crippen molar-refractivity contribution >= 4 is 17.3 Å². The predicted octanol–water partition coefficient (Wildman–Crippen LogP) is 4.30. The number of methoxy groups -OCH3 is 1. The highest BCUT2D eigenvalue weighted by atomic mass is 16.5. The van der Waals surface area contributed by atoms with E-state index in [1.165, 1.54) is 16.8 Å². The van der Waals surface area contributed by atoms with Gasteiger partial charge in [-0.2, -0.15) is 0 Å². The fourth-order valence-corrected chi connectivity index (χ4v) is 4.21. The van der Waals surface area contributed by atoms with Crippen molar-refractivity contribution in [2.24, 2.45) is 0 Å². The summed E-state index contributed by atoms with van der Waals surface area (Å²) in [4.78, 5) is 17.4. The van der Waals surface area contributed by atoms with Crippen molar-refractivity contribution in [3.63, 3.8) is 0 Å². The van der Waals surface area contributed by atoms with Gasteiger partial charge in [-0.1, -0.05) is 42.5 Å². The average molecular weight is 416 g/mol. The lowest BCUT2D eigenvalue weighted by molar-refractivity contribution is 0.0948. The molecule has 0 fully saturated rings. The Balaban J connectivity index is 1.61. The van der Waals surface area contributed by atoms with Gasteiger partial charge in [-0.05, 0) is 47.9 Å². The van der Waals surface area contributed by atoms with Crippen molar-refractivity contribution < 1.29 is 9.53 Å². The van der Waals surface area contributed by atoms with Crippen LogP contribution in [-0.2, 0) is 6.42 Å². The third kappa shape index (κ3) is 4.36. The second-order valence-corrected chi connectivity index (χ2v) is 7.98. The van der Waals surface area contributed by atoms with Crippen LogP contribution in [0.15, 0.2) is 72.8 Å². The second-order valence-electron chi connectivity index (χ2n) is 7.98. The Labute approximate surface area is 184 Å². The Morgan fingerprint density at radius 2 is 1.74 bits per heavy atom. The van der Waals surface area contributed by atoms with Crippen molar-refractivity contribution in [3.8, 4) is 5.75 Å². The van der Waals surface area contributed by atoms with Gasteiger partial charge in [0.2, 0.25) is 0 Å². The monoisotopic (exact) mass is 415 g/mol. The Hall–Kier alpha value is -3.47. The molecule has 3 aromatic carbocycles. The smallest absolute Gasteiger partial charge is 0.255 e. The molecule has 1 aliphatic rings. The van der Waals surface area contributed by atoms with E-state index < -0.39 is 0 Å². The molecule has 0 spiro atoms. The SMILES string of the molecule is COc1ccccc1C(=O)NC[C@@H](c1ccc(N(C)C)cc1)N1CCc2ccccc21. The van der Waals surface area contributed by atoms with Crippen LogP contribution in [0.4, 0.5) is 11.4 Å². The van der Waals surface area contributed by atoms with Crippen molar-refractivity contribution in [1.82, 2.24) is 5.32 Å². The van der Waals surface area contributed by atoms with E-state index in [9.17, 15) is 4.79 Å². The van der Waals surface area contributed by atoms with Crippen LogP contribution in [0.5, 0.6) is 5.75 Å². The Morgan fingerprint density at radius 3 is 2.48 bits per heavy atom. The highest BCUT2D eigenvalue weighted by molar-refractivity contribution is 5.97. The summed E-state index contributed by atoms with van der Waals surface area (Å²) in [6.45, 7) is 1.44. The molecule has 0 saturated heterocycles. The molecule has 0 aromatic heterocycles. The van der Waals surface area contributed by atoms with Gasteiger partial charge in [-0.25, -0.2) is 0 Å². The minimum Gasteiger partial charge on any atom is -0.496 e. The molecule has 0 unspecified atom stereocenters. The number of hydrogen-bond acceptors (Lipinski definition) is 4. The molecule has 3 aromatic rings. The zero-order chi connectivity index (χ0) is 21.8. The van der Waals surface area contributed by atoms with Crippen molar-refractivity contribution in [2.45, 2.75) is 12.5 Å². The quantitative estimate of drug-likeness (QED) is 0.625. The van der Waals surface area contributed by atoms with Crippen LogP contribution in [0.3, 0.4) is 0 Å². The molecule has 5 heteroatoms. The summed E-state index contributed by atoms with van der Waals surface area (Å²) in [5, 5.41) is 3.15. The van der Waals surface area contributed by atoms with Crippen LogP contribution >= 0.6 is 0 Å². The summed E-state index contributed by atoms with van der Waals surface area (Å²) in [6, 6.07) is 24.5. The minimum absolute atomic E-state index is 0.0403. The fourth-order valence-electron chi connectivity index (χ4n) is 4.21. The minimum atomic E-state index is -0.125. The van der Waals surface area contributed by atoms with Crippen molar-refractivity contribution in [1.29, 1.82) is 0 Å². The van der Waals surface area contributed by atoms with Crippen LogP contribution in [0.25, 0.3) is 0 Å². The summed E-state index contributed by atoms with van der Waals surface area (Å²) in [5.41, 5.74) is 5.49. The highest BCUT2D eigenvalue weighted by Gasteiger charge is 2.28. The average Bonchev–Trinajstić information content (AvgIpc) is 3.23. The standard InChI is InChI=1S/C26H29N3O2/c1-28(2)21-14-12-20(13-15-21)24(29-17-16-19-8-4-6-10-23(19)29)18-27-26(30)22-9-5-7-11-25(22)31-3/h4-15,24H,16-18H2,1-3H3,(H,27,30)/t24-/m0/s1. The first kappa shape index (κ1) is 20.8. The molecular formula is C26H29N3O2. The first-order valence-corrected chi connectivity index (χ1v) is 10.6. The van der Waals surface area contributed by atoms with Crippen molar-refractivity contribution in [3.05, 3.63) is 89.5 Å². The zero-order valence-electron chi connectivity index (χ0n) is 18.3. The molecule has 160 valence electrons. The number of hydrogen-bond donors (Lipinski definition) is 1. The Morgan fingerprint density at radius 1 is 1.03 bits per heavy atom. The summed E-state index contributed by atoms with van der Waals surface area (Å²) in [7, 11) is 5.66. The first-order valence-electron chi connectivity index (χ1n) is 10.6. The third-order valence-corrected chi connectivity index (χ3v) is 5.90. The first-order chi connectivity index (χ1) is 15.1. The summed E-state index contributed by atoms with van der Waals surface area (Å²) >= 11 is 0. The number of ether oxygens (including phenoxy) is 1. The lowest BCUT2D eigenvalue weighted by Crippen LogP contribution is -2.37. The molecule has 0 bridgehead atoms. The summed E-state index contributed by atoms with van der Waals surface area (Å²) < 4.78 is 5.36. The van der Waals surface area contributed by atoms with Crippen LogP contribution < -0.4 is 19.9 Å². The maximum absolute atomic E-state index is 12.9. The van der Waals surface area contributed by atoms with Crippen molar-refractivity contribution in [2.75, 3.05) is 44.1 Å². The lowest BCUT2D eigenvalue weighted by atomic mass is 10.0. The van der Waals surface area contributed by atoms with Gasteiger partial charge in [0.05, 0.1) is 18.7 Å². The van der Waals surface area contributed by atoms with E-state index in [2.05, 4.69) is 63.6 Å². The number of anilines is 2. The number of carbonyl (C=O) groups is 1. The molecule has 31 heavy (non-hydrogen) atoms. The van der Waals surface area contributed by atoms with Gasteiger partial charge in [0.1, 0.15) is 5.75 Å². The molecule has 1 heterocycles. The molecule has 0 aliphatic carbocycles. The van der Waals surface area contributed by atoms with Gasteiger partial charge in [-0.3, -0.25) is 4.79 Å². The van der Waals surface area contributed by atoms with E-state index in [0.29, 0.717) is 17.9 Å². The second kappa shape index (κ2) is 9.13. The number of fused-ring (bicyclic) bond motifs is 1. The van der Waals surface area contributed by atoms with Crippen LogP contribution in [-0.4, -0.2) is 40.2 Å². The lowest BCUT2D eigenvalue weighted by Gasteiger charge is -2.31. The van der Waals surface area contributed by atoms with E-state index in [1.54, 1.807) is 13.2 Å². The van der Waals surface area contributed by atoms with Crippen LogP contribution in [0, 0.1) is 0 Å². The van der Waals surface area contributed by atoms with E-state index >= 15 is 0 Å². The fraction of sp³-hybridized carbons (Fsp3) is 0.269. The number of carbonyl (C=O) groups excluding carboxylic acids is 1. The largest absolute Gasteiger partial charge is 0.496 e. The summed E-state index contributed by atoms with van der Waals surface area (Å²) in [6.07, 6.45) is 1.02. The molecule has 0 saturated carbocycles. The van der Waals surface area contributed by atoms with E-state index in [4.69, 9.17) is 4.74 Å². The predicted molar refractivity (Wildman–Crippen MR) is 126 cm³/mol. The molecule has 4 rings (SSSR count). The zero-order valence-corrected chi connectivity index (χ0v) is 18.3. The molecular weight excluding hydrogens is 386 g/mol. The van der Waals surface area contributed by atoms with E-state index in [1.807, 2.05) is 32.3 Å². The van der Waals surface area contributed by atoms with Gasteiger partial charge in [0.15, 0.2) is 0 Å². The Kier molecular flexibility index (Phi) is 6.12. The number of rotatable bonds is 7. The number of benzene rings is 3. The third-order valence-electron chi connectivity index (χ3n) is 5.90. The number of nitrogens with one attached hydrogen (secondary N) is 1. The molecule has 1 atom stereocenters. The molecule has 1 N–H and O–H groups in total. The maximum Gasteiger partial charge on any atom is 0.255 e. The number of nitrogens with zero attached hydrogens (tertiary/aromatic N) is 2. The van der Waals surface area contributed by atoms with Gasteiger partial charge in [0.25, 0.3) is 5.91 Å². The van der Waals surface area contributed by atoms with Gasteiger partial charge in [0, 0.05) is 38.6 Å². The van der Waals surface area contributed by atoms with Gasteiger partial charge in [-0.15, -0.1) is 0 Å². The van der Waals surface area contributed by atoms with Crippen LogP contribution in [0.2, 0.25) is 0 Å². The normalized spacial score (nSPS) is 13.5. The van der Waals surface area contributed by atoms with E-state index in [0.717, 1.165) is 18.7 Å². The summed E-state index contributed by atoms with van der Waals surface area (Å²) in [5.74, 6) is 0.457. The van der Waals surface area contributed by atoms with Gasteiger partial charge < -0.3 is 19.9 Å². The molecule has 5 nitrogen and oxygen atoms in total. The number of para-hydroxylation sites is 2. The van der Waals surface area contributed by atoms with E-state index in [-0.39, 0.29) is 11.9 Å². The molecule has 0 radical (unpaired) electrons. The van der Waals surface area contributed by atoms with Gasteiger partial charge >= 0.3 is 0 Å². The van der Waals surface area contributed by atoms with Crippen LogP contribution in [0.1, 0.15) is 27.5 Å². The highest BCUT2D eigenvalue weighted by Crippen LogP contribution is 2.35. The maximum atomic E-state index is 12.9. The number of amides is 1. The Bertz CT molecular complexity index is 1050. The molecule has 1 aliphatic heterocycles. The topological polar surface area (TPSA) is 44.8 Å². The molecule has 1 amide bonds.